The number of amides is 2. The van der Waals surface area contributed by atoms with E-state index in [1.807, 2.05) is 0 Å². The molecule has 0 heterocycles. The van der Waals surface area contributed by atoms with Crippen molar-refractivity contribution in [2.45, 2.75) is 51.9 Å². The molecule has 5 heteroatoms. The van der Waals surface area contributed by atoms with Gasteiger partial charge in [0.05, 0.1) is 6.42 Å². The molecule has 2 aliphatic carbocycles. The summed E-state index contributed by atoms with van der Waals surface area (Å²) in [6.45, 7) is 3.40. The number of nitrogens with one attached hydrogen (secondary N) is 2. The van der Waals surface area contributed by atoms with Crippen molar-refractivity contribution >= 4 is 12.0 Å². The van der Waals surface area contributed by atoms with Crippen LogP contribution in [0.3, 0.4) is 0 Å². The first-order valence-corrected chi connectivity index (χ1v) is 7.74. The van der Waals surface area contributed by atoms with E-state index >= 15 is 0 Å². The molecule has 0 radical (unpaired) electrons. The molecule has 0 saturated heterocycles. The largest absolute Gasteiger partial charge is 0.481 e. The molecule has 2 saturated carbocycles. The Kier molecular flexibility index (Phi) is 4.89. The minimum absolute atomic E-state index is 0.153. The van der Waals surface area contributed by atoms with Gasteiger partial charge in [-0.25, -0.2) is 4.79 Å². The van der Waals surface area contributed by atoms with Gasteiger partial charge in [-0.15, -0.1) is 0 Å². The van der Waals surface area contributed by atoms with Crippen LogP contribution in [0.25, 0.3) is 0 Å². The number of hydrogen-bond donors (Lipinski definition) is 3. The lowest BCUT2D eigenvalue weighted by atomic mass is 9.72. The van der Waals surface area contributed by atoms with Crippen LogP contribution in [0.15, 0.2) is 0 Å². The Morgan fingerprint density at radius 2 is 1.85 bits per heavy atom. The second-order valence-corrected chi connectivity index (χ2v) is 6.67. The van der Waals surface area contributed by atoms with Crippen LogP contribution in [0.1, 0.15) is 51.9 Å². The number of carbonyl (C=O) groups excluding carboxylic acids is 1. The number of carbonyl (C=O) groups is 2. The fourth-order valence-electron chi connectivity index (χ4n) is 3.28. The summed E-state index contributed by atoms with van der Waals surface area (Å²) in [6, 6.07) is -0.153. The third kappa shape index (κ3) is 4.39. The van der Waals surface area contributed by atoms with Crippen molar-refractivity contribution in [1.82, 2.24) is 10.6 Å². The quantitative estimate of drug-likeness (QED) is 0.700. The van der Waals surface area contributed by atoms with Crippen LogP contribution >= 0.6 is 0 Å². The van der Waals surface area contributed by atoms with E-state index in [2.05, 4.69) is 17.6 Å². The molecule has 0 spiro atoms. The maximum atomic E-state index is 11.8. The van der Waals surface area contributed by atoms with Crippen LogP contribution in [0.4, 0.5) is 4.79 Å². The monoisotopic (exact) mass is 282 g/mol. The summed E-state index contributed by atoms with van der Waals surface area (Å²) in [5, 5.41) is 14.9. The maximum Gasteiger partial charge on any atom is 0.314 e. The van der Waals surface area contributed by atoms with E-state index in [0.29, 0.717) is 12.5 Å². The van der Waals surface area contributed by atoms with E-state index in [0.717, 1.165) is 38.1 Å². The summed E-state index contributed by atoms with van der Waals surface area (Å²) in [5.74, 6) is 0.594. The minimum Gasteiger partial charge on any atom is -0.481 e. The Bertz CT molecular complexity index is 364. The van der Waals surface area contributed by atoms with E-state index in [9.17, 15) is 9.59 Å². The second kappa shape index (κ2) is 6.46. The summed E-state index contributed by atoms with van der Waals surface area (Å²) < 4.78 is 0. The lowest BCUT2D eigenvalue weighted by molar-refractivity contribution is -0.140. The van der Waals surface area contributed by atoms with Gasteiger partial charge in [-0.3, -0.25) is 4.79 Å². The zero-order valence-electron chi connectivity index (χ0n) is 12.3. The van der Waals surface area contributed by atoms with Gasteiger partial charge in [0.1, 0.15) is 0 Å². The van der Waals surface area contributed by atoms with Crippen molar-refractivity contribution in [2.24, 2.45) is 17.3 Å². The van der Waals surface area contributed by atoms with Gasteiger partial charge in [0.15, 0.2) is 0 Å². The van der Waals surface area contributed by atoms with Crippen LogP contribution in [0.2, 0.25) is 0 Å². The van der Waals surface area contributed by atoms with Gasteiger partial charge in [-0.2, -0.15) is 0 Å². The maximum absolute atomic E-state index is 11.8. The Morgan fingerprint density at radius 3 is 2.40 bits per heavy atom. The van der Waals surface area contributed by atoms with Gasteiger partial charge < -0.3 is 15.7 Å². The molecule has 2 unspecified atom stereocenters. The molecular weight excluding hydrogens is 256 g/mol. The van der Waals surface area contributed by atoms with Crippen LogP contribution in [-0.2, 0) is 4.79 Å². The summed E-state index contributed by atoms with van der Waals surface area (Å²) in [6.07, 6.45) is 6.47. The van der Waals surface area contributed by atoms with Crippen LogP contribution in [0.5, 0.6) is 0 Å². The van der Waals surface area contributed by atoms with Gasteiger partial charge in [-0.1, -0.05) is 26.2 Å². The molecule has 0 aromatic carbocycles. The van der Waals surface area contributed by atoms with Gasteiger partial charge in [0, 0.05) is 13.1 Å². The smallest absolute Gasteiger partial charge is 0.314 e. The predicted octanol–water partition coefficient (Wildman–Crippen LogP) is 2.37. The highest BCUT2D eigenvalue weighted by atomic mass is 16.4. The Hall–Kier alpha value is -1.26. The van der Waals surface area contributed by atoms with Crippen LogP contribution in [-0.4, -0.2) is 30.2 Å². The predicted molar refractivity (Wildman–Crippen MR) is 76.4 cm³/mol. The molecule has 0 bridgehead atoms. The lowest BCUT2D eigenvalue weighted by Gasteiger charge is -2.36. The number of rotatable bonds is 6. The van der Waals surface area contributed by atoms with Gasteiger partial charge in [0.25, 0.3) is 0 Å². The average molecular weight is 282 g/mol. The van der Waals surface area contributed by atoms with E-state index in [4.69, 9.17) is 5.11 Å². The standard InChI is InChI=1S/C15H26N2O3/c1-11-7-12(11)9-16-14(20)17-10-15(8-13(18)19)5-3-2-4-6-15/h11-12H,2-10H2,1H3,(H,18,19)(H2,16,17,20). The zero-order chi connectivity index (χ0) is 14.6. The normalized spacial score (nSPS) is 27.6. The van der Waals surface area contributed by atoms with Gasteiger partial charge in [0.2, 0.25) is 0 Å². The summed E-state index contributed by atoms with van der Waals surface area (Å²) in [4.78, 5) is 22.8. The first-order chi connectivity index (χ1) is 9.51. The fraction of sp³-hybridized carbons (Fsp3) is 0.867. The molecule has 114 valence electrons. The fourth-order valence-corrected chi connectivity index (χ4v) is 3.28. The topological polar surface area (TPSA) is 78.4 Å². The second-order valence-electron chi connectivity index (χ2n) is 6.67. The molecule has 2 atom stereocenters. The summed E-state index contributed by atoms with van der Waals surface area (Å²) in [5.41, 5.74) is -0.242. The van der Waals surface area contributed by atoms with Crippen LogP contribution in [0, 0.1) is 17.3 Å². The molecule has 20 heavy (non-hydrogen) atoms. The molecule has 2 aliphatic rings. The van der Waals surface area contributed by atoms with Crippen molar-refractivity contribution in [2.75, 3.05) is 13.1 Å². The van der Waals surface area contributed by atoms with Crippen molar-refractivity contribution in [1.29, 1.82) is 0 Å². The highest BCUT2D eigenvalue weighted by Crippen LogP contribution is 2.39. The van der Waals surface area contributed by atoms with Gasteiger partial charge in [-0.05, 0) is 36.5 Å². The van der Waals surface area contributed by atoms with E-state index in [1.165, 1.54) is 12.8 Å². The minimum atomic E-state index is -0.763. The number of aliphatic carboxylic acids is 1. The summed E-state index contributed by atoms with van der Waals surface area (Å²) in [7, 11) is 0. The summed E-state index contributed by atoms with van der Waals surface area (Å²) >= 11 is 0. The zero-order valence-corrected chi connectivity index (χ0v) is 12.3. The SMILES string of the molecule is CC1CC1CNC(=O)NCC1(CC(=O)O)CCCCC1. The van der Waals surface area contributed by atoms with E-state index in [1.54, 1.807) is 0 Å². The van der Waals surface area contributed by atoms with Crippen molar-refractivity contribution in [3.8, 4) is 0 Å². The van der Waals surface area contributed by atoms with Crippen molar-refractivity contribution < 1.29 is 14.7 Å². The Balaban J connectivity index is 1.75. The van der Waals surface area contributed by atoms with Crippen molar-refractivity contribution in [3.63, 3.8) is 0 Å². The Labute approximate surface area is 120 Å². The third-order valence-corrected chi connectivity index (χ3v) is 4.87. The van der Waals surface area contributed by atoms with Crippen LogP contribution < -0.4 is 10.6 Å². The molecule has 0 aromatic rings. The molecule has 0 aliphatic heterocycles. The number of urea groups is 1. The Morgan fingerprint density at radius 1 is 1.20 bits per heavy atom. The molecule has 0 aromatic heterocycles. The molecule has 2 amide bonds. The van der Waals surface area contributed by atoms with Crippen molar-refractivity contribution in [3.05, 3.63) is 0 Å². The molecule has 3 N–H and O–H groups in total. The molecule has 5 nitrogen and oxygen atoms in total. The van der Waals surface area contributed by atoms with E-state index < -0.39 is 5.97 Å². The first-order valence-electron chi connectivity index (χ1n) is 7.74. The van der Waals surface area contributed by atoms with Gasteiger partial charge >= 0.3 is 12.0 Å². The number of hydrogen-bond acceptors (Lipinski definition) is 2. The molecule has 2 fully saturated rings. The lowest BCUT2D eigenvalue weighted by Crippen LogP contribution is -2.44. The third-order valence-electron chi connectivity index (χ3n) is 4.87. The van der Waals surface area contributed by atoms with E-state index in [-0.39, 0.29) is 17.9 Å². The molecule has 2 rings (SSSR count). The number of carboxylic acid groups (broad SMARTS) is 1. The first kappa shape index (κ1) is 15.1. The highest BCUT2D eigenvalue weighted by molar-refractivity contribution is 5.74. The highest BCUT2D eigenvalue weighted by Gasteiger charge is 2.35. The average Bonchev–Trinajstić information content (AvgIpc) is 3.10. The number of carboxylic acids is 1. The molecular formula is C15H26N2O3.